The fraction of sp³-hybridized carbons (Fsp3) is 0.250. The Morgan fingerprint density at radius 1 is 1.67 bits per heavy atom. The third-order valence-electron chi connectivity index (χ3n) is 1.40. The van der Waals surface area contributed by atoms with Crippen molar-refractivity contribution in [2.24, 2.45) is 0 Å². The molecule has 0 amide bonds. The minimum Gasteiger partial charge on any atom is -0.302 e. The van der Waals surface area contributed by atoms with Crippen molar-refractivity contribution in [2.45, 2.75) is 6.04 Å². The first kappa shape index (κ1) is 10.3. The largest absolute Gasteiger partial charge is 0.302 e. The number of halogens is 2. The summed E-state index contributed by atoms with van der Waals surface area (Å²) in [6.45, 7) is 0. The van der Waals surface area contributed by atoms with Gasteiger partial charge in [-0.05, 0) is 45.0 Å². The van der Waals surface area contributed by atoms with E-state index in [4.69, 9.17) is 6.42 Å². The van der Waals surface area contributed by atoms with Gasteiger partial charge in [-0.15, -0.1) is 17.8 Å². The quantitative estimate of drug-likeness (QED) is 0.828. The van der Waals surface area contributed by atoms with Crippen molar-refractivity contribution in [3.8, 4) is 12.3 Å². The van der Waals surface area contributed by atoms with E-state index in [1.807, 2.05) is 13.1 Å². The van der Waals surface area contributed by atoms with Crippen molar-refractivity contribution in [3.05, 3.63) is 19.2 Å². The minimum atomic E-state index is 0.0117. The first-order chi connectivity index (χ1) is 5.69. The number of hydrogen-bond donors (Lipinski definition) is 1. The molecule has 1 aromatic heterocycles. The maximum absolute atomic E-state index is 5.34. The summed E-state index contributed by atoms with van der Waals surface area (Å²) in [5.74, 6) is 2.67. The first-order valence-corrected chi connectivity index (χ1v) is 5.67. The van der Waals surface area contributed by atoms with Crippen LogP contribution in [-0.2, 0) is 0 Å². The third-order valence-corrected chi connectivity index (χ3v) is 4.73. The van der Waals surface area contributed by atoms with E-state index in [0.29, 0.717) is 0 Å². The van der Waals surface area contributed by atoms with Gasteiger partial charge >= 0.3 is 0 Å². The Kier molecular flexibility index (Phi) is 3.78. The van der Waals surface area contributed by atoms with Gasteiger partial charge < -0.3 is 5.32 Å². The molecule has 0 aliphatic rings. The second-order valence-electron chi connectivity index (χ2n) is 2.16. The Hall–Kier alpha value is 0.180. The average Bonchev–Trinajstić information content (AvgIpc) is 2.35. The SMILES string of the molecule is C#CC(NC)c1cc(Br)c(Br)s1. The lowest BCUT2D eigenvalue weighted by Crippen LogP contribution is -2.12. The molecular weight excluding hydrogens is 302 g/mol. The van der Waals surface area contributed by atoms with Gasteiger partial charge in [-0.2, -0.15) is 0 Å². The lowest BCUT2D eigenvalue weighted by atomic mass is 10.2. The molecule has 64 valence electrons. The molecule has 0 aliphatic heterocycles. The standard InChI is InChI=1S/C8H7Br2NS/c1-3-6(11-2)7-4-5(9)8(10)12-7/h1,4,6,11H,2H3. The van der Waals surface area contributed by atoms with Crippen LogP contribution in [0.1, 0.15) is 10.9 Å². The molecule has 1 heterocycles. The van der Waals surface area contributed by atoms with Crippen LogP contribution in [0.4, 0.5) is 0 Å². The molecule has 0 radical (unpaired) electrons. The Balaban J connectivity index is 2.96. The van der Waals surface area contributed by atoms with Gasteiger partial charge in [0.25, 0.3) is 0 Å². The summed E-state index contributed by atoms with van der Waals surface area (Å²) in [5, 5.41) is 3.04. The summed E-state index contributed by atoms with van der Waals surface area (Å²) in [4.78, 5) is 1.14. The summed E-state index contributed by atoms with van der Waals surface area (Å²) in [6, 6.07) is 2.04. The van der Waals surface area contributed by atoms with E-state index in [9.17, 15) is 0 Å². The Labute approximate surface area is 92.8 Å². The van der Waals surface area contributed by atoms with Crippen LogP contribution in [0.15, 0.2) is 14.3 Å². The molecule has 1 unspecified atom stereocenters. The van der Waals surface area contributed by atoms with Crippen molar-refractivity contribution in [1.29, 1.82) is 0 Å². The molecule has 1 rings (SSSR count). The Morgan fingerprint density at radius 2 is 2.33 bits per heavy atom. The van der Waals surface area contributed by atoms with Crippen LogP contribution >= 0.6 is 43.2 Å². The van der Waals surface area contributed by atoms with Gasteiger partial charge in [-0.3, -0.25) is 0 Å². The van der Waals surface area contributed by atoms with E-state index in [1.165, 1.54) is 0 Å². The van der Waals surface area contributed by atoms with E-state index in [0.717, 1.165) is 13.1 Å². The zero-order valence-corrected chi connectivity index (χ0v) is 10.4. The van der Waals surface area contributed by atoms with E-state index in [1.54, 1.807) is 11.3 Å². The maximum atomic E-state index is 5.34. The van der Waals surface area contributed by atoms with Crippen molar-refractivity contribution in [1.82, 2.24) is 5.32 Å². The first-order valence-electron chi connectivity index (χ1n) is 3.27. The minimum absolute atomic E-state index is 0.0117. The molecule has 12 heavy (non-hydrogen) atoms. The molecule has 0 spiro atoms. The molecule has 0 saturated heterocycles. The van der Waals surface area contributed by atoms with Crippen LogP contribution in [0.2, 0.25) is 0 Å². The summed E-state index contributed by atoms with van der Waals surface area (Å²) < 4.78 is 2.13. The highest BCUT2D eigenvalue weighted by Crippen LogP contribution is 2.35. The van der Waals surface area contributed by atoms with Gasteiger partial charge in [0, 0.05) is 9.35 Å². The van der Waals surface area contributed by atoms with Gasteiger partial charge in [0.1, 0.15) is 6.04 Å². The summed E-state index contributed by atoms with van der Waals surface area (Å²) in [5.41, 5.74) is 0. The molecular formula is C8H7Br2NS. The molecule has 4 heteroatoms. The normalized spacial score (nSPS) is 12.5. The third kappa shape index (κ3) is 2.11. The smallest absolute Gasteiger partial charge is 0.103 e. The van der Waals surface area contributed by atoms with Crippen LogP contribution < -0.4 is 5.32 Å². The molecule has 1 atom stereocenters. The molecule has 0 bridgehead atoms. The zero-order chi connectivity index (χ0) is 9.14. The predicted octanol–water partition coefficient (Wildman–Crippen LogP) is 3.17. The van der Waals surface area contributed by atoms with Gasteiger partial charge in [0.05, 0.1) is 3.79 Å². The molecule has 1 nitrogen and oxygen atoms in total. The highest BCUT2D eigenvalue weighted by Gasteiger charge is 2.10. The number of thiophene rings is 1. The summed E-state index contributed by atoms with van der Waals surface area (Å²) in [6.07, 6.45) is 5.34. The van der Waals surface area contributed by atoms with Crippen LogP contribution in [-0.4, -0.2) is 7.05 Å². The highest BCUT2D eigenvalue weighted by molar-refractivity contribution is 9.13. The van der Waals surface area contributed by atoms with Crippen LogP contribution in [0.25, 0.3) is 0 Å². The summed E-state index contributed by atoms with van der Waals surface area (Å²) >= 11 is 8.46. The zero-order valence-electron chi connectivity index (χ0n) is 6.40. The second kappa shape index (κ2) is 4.43. The number of nitrogens with one attached hydrogen (secondary N) is 1. The van der Waals surface area contributed by atoms with E-state index >= 15 is 0 Å². The molecule has 1 aromatic rings. The lowest BCUT2D eigenvalue weighted by molar-refractivity contribution is 0.749. The monoisotopic (exact) mass is 307 g/mol. The van der Waals surface area contributed by atoms with Crippen molar-refractivity contribution in [2.75, 3.05) is 7.05 Å². The van der Waals surface area contributed by atoms with Gasteiger partial charge in [-0.25, -0.2) is 0 Å². The number of hydrogen-bond acceptors (Lipinski definition) is 2. The van der Waals surface area contributed by atoms with Crippen molar-refractivity contribution < 1.29 is 0 Å². The van der Waals surface area contributed by atoms with E-state index in [2.05, 4.69) is 43.1 Å². The average molecular weight is 309 g/mol. The molecule has 0 fully saturated rings. The van der Waals surface area contributed by atoms with Crippen molar-refractivity contribution in [3.63, 3.8) is 0 Å². The van der Waals surface area contributed by atoms with Gasteiger partial charge in [-0.1, -0.05) is 5.92 Å². The van der Waals surface area contributed by atoms with Gasteiger partial charge in [0.15, 0.2) is 0 Å². The molecule has 0 aromatic carbocycles. The van der Waals surface area contributed by atoms with Gasteiger partial charge in [0.2, 0.25) is 0 Å². The predicted molar refractivity (Wildman–Crippen MR) is 60.4 cm³/mol. The van der Waals surface area contributed by atoms with Crippen LogP contribution in [0.3, 0.4) is 0 Å². The van der Waals surface area contributed by atoms with Crippen LogP contribution in [0, 0.1) is 12.3 Å². The van der Waals surface area contributed by atoms with E-state index < -0.39 is 0 Å². The second-order valence-corrected chi connectivity index (χ2v) is 5.41. The number of rotatable bonds is 2. The van der Waals surface area contributed by atoms with Crippen LogP contribution in [0.5, 0.6) is 0 Å². The van der Waals surface area contributed by atoms with E-state index in [-0.39, 0.29) is 6.04 Å². The Morgan fingerprint density at radius 3 is 2.67 bits per heavy atom. The topological polar surface area (TPSA) is 12.0 Å². The molecule has 0 saturated carbocycles. The Bertz CT molecular complexity index is 294. The fourth-order valence-corrected chi connectivity index (χ4v) is 2.97. The number of terminal acetylenes is 1. The molecule has 0 aliphatic carbocycles. The fourth-order valence-electron chi connectivity index (χ4n) is 0.813. The highest BCUT2D eigenvalue weighted by atomic mass is 79.9. The summed E-state index contributed by atoms with van der Waals surface area (Å²) in [7, 11) is 1.85. The maximum Gasteiger partial charge on any atom is 0.103 e. The lowest BCUT2D eigenvalue weighted by Gasteiger charge is -2.04. The molecule has 1 N–H and O–H groups in total. The van der Waals surface area contributed by atoms with Crippen molar-refractivity contribution >= 4 is 43.2 Å².